The molecule has 6 heteroatoms. The number of fused-ring (bicyclic) bond motifs is 1. The summed E-state index contributed by atoms with van der Waals surface area (Å²) in [5, 5.41) is 12.2. The molecule has 1 aromatic carbocycles. The number of rotatable bonds is 4. The highest BCUT2D eigenvalue weighted by atomic mass is 35.5. The molecule has 0 fully saturated rings. The van der Waals surface area contributed by atoms with Gasteiger partial charge in [-0.3, -0.25) is 9.59 Å². The minimum absolute atomic E-state index is 0.0558. The fourth-order valence-corrected chi connectivity index (χ4v) is 1.89. The highest BCUT2D eigenvalue weighted by molar-refractivity contribution is 6.35. The zero-order chi connectivity index (χ0) is 13.8. The Hall–Kier alpha value is -2.14. The molecule has 2 rings (SSSR count). The molecule has 0 aliphatic rings. The maximum atomic E-state index is 11.8. The van der Waals surface area contributed by atoms with E-state index in [2.05, 4.69) is 10.3 Å². The average molecular weight is 279 g/mol. The highest BCUT2D eigenvalue weighted by Gasteiger charge is 2.11. The molecule has 0 spiro atoms. The van der Waals surface area contributed by atoms with Crippen LogP contribution < -0.4 is 5.32 Å². The molecular formula is C13H11ClN2O3. The van der Waals surface area contributed by atoms with E-state index >= 15 is 0 Å². The number of hydrogen-bond donors (Lipinski definition) is 2. The fourth-order valence-electron chi connectivity index (χ4n) is 1.62. The van der Waals surface area contributed by atoms with E-state index < -0.39 is 11.9 Å². The van der Waals surface area contributed by atoms with Gasteiger partial charge in [-0.15, -0.1) is 0 Å². The van der Waals surface area contributed by atoms with Crippen LogP contribution in [0.25, 0.3) is 10.9 Å². The third-order valence-electron chi connectivity index (χ3n) is 2.52. The Morgan fingerprint density at radius 2 is 2.05 bits per heavy atom. The Bertz CT molecular complexity index is 643. The van der Waals surface area contributed by atoms with E-state index in [0.29, 0.717) is 10.5 Å². The number of para-hydroxylation sites is 1. The van der Waals surface area contributed by atoms with E-state index in [1.54, 1.807) is 12.1 Å². The van der Waals surface area contributed by atoms with Gasteiger partial charge in [-0.2, -0.15) is 0 Å². The Labute approximate surface area is 114 Å². The summed E-state index contributed by atoms with van der Waals surface area (Å²) in [5.74, 6) is -1.40. The molecule has 2 N–H and O–H groups in total. The van der Waals surface area contributed by atoms with Crippen LogP contribution in [0.15, 0.2) is 30.3 Å². The molecule has 0 aliphatic carbocycles. The summed E-state index contributed by atoms with van der Waals surface area (Å²) in [7, 11) is 0. The average Bonchev–Trinajstić information content (AvgIpc) is 2.38. The molecule has 1 amide bonds. The van der Waals surface area contributed by atoms with Crippen LogP contribution in [0.4, 0.5) is 0 Å². The standard InChI is InChI=1S/C13H11ClN2O3/c14-9-7-11(13(19)15-6-5-12(17)18)16-10-4-2-1-3-8(9)10/h1-4,7H,5-6H2,(H,15,19)(H,17,18). The summed E-state index contributed by atoms with van der Waals surface area (Å²) in [5.41, 5.74) is 0.799. The number of carboxylic acids is 1. The number of halogens is 1. The lowest BCUT2D eigenvalue weighted by Crippen LogP contribution is -2.26. The van der Waals surface area contributed by atoms with Gasteiger partial charge >= 0.3 is 5.97 Å². The lowest BCUT2D eigenvalue weighted by molar-refractivity contribution is -0.136. The molecule has 0 bridgehead atoms. The Morgan fingerprint density at radius 1 is 1.32 bits per heavy atom. The second-order valence-electron chi connectivity index (χ2n) is 3.91. The molecule has 2 aromatic rings. The molecule has 19 heavy (non-hydrogen) atoms. The van der Waals surface area contributed by atoms with Gasteiger partial charge < -0.3 is 10.4 Å². The van der Waals surface area contributed by atoms with E-state index in [0.717, 1.165) is 5.39 Å². The summed E-state index contributed by atoms with van der Waals surface area (Å²) in [6.45, 7) is 0.0558. The first kappa shape index (κ1) is 13.3. The molecule has 1 heterocycles. The predicted octanol–water partition coefficient (Wildman–Crippen LogP) is 2.09. The third kappa shape index (κ3) is 3.20. The van der Waals surface area contributed by atoms with Crippen molar-refractivity contribution in [3.63, 3.8) is 0 Å². The number of carboxylic acid groups (broad SMARTS) is 1. The molecule has 0 saturated carbocycles. The van der Waals surface area contributed by atoms with Crippen LogP contribution in [0.2, 0.25) is 5.02 Å². The SMILES string of the molecule is O=C(O)CCNC(=O)c1cc(Cl)c2ccccc2n1. The Balaban J connectivity index is 2.20. The van der Waals surface area contributed by atoms with E-state index in [9.17, 15) is 9.59 Å². The van der Waals surface area contributed by atoms with E-state index in [-0.39, 0.29) is 18.7 Å². The Morgan fingerprint density at radius 3 is 2.79 bits per heavy atom. The van der Waals surface area contributed by atoms with Crippen molar-refractivity contribution in [3.8, 4) is 0 Å². The fraction of sp³-hybridized carbons (Fsp3) is 0.154. The summed E-state index contributed by atoms with van der Waals surface area (Å²) in [6.07, 6.45) is -0.132. The van der Waals surface area contributed by atoms with Crippen LogP contribution in [-0.4, -0.2) is 28.5 Å². The number of aromatic nitrogens is 1. The van der Waals surface area contributed by atoms with Gasteiger partial charge in [0.05, 0.1) is 17.0 Å². The van der Waals surface area contributed by atoms with Crippen molar-refractivity contribution in [2.24, 2.45) is 0 Å². The van der Waals surface area contributed by atoms with Crippen LogP contribution in [-0.2, 0) is 4.79 Å². The normalized spacial score (nSPS) is 10.4. The number of nitrogens with zero attached hydrogens (tertiary/aromatic N) is 1. The van der Waals surface area contributed by atoms with Crippen molar-refractivity contribution in [2.75, 3.05) is 6.54 Å². The molecular weight excluding hydrogens is 268 g/mol. The molecule has 98 valence electrons. The zero-order valence-electron chi connectivity index (χ0n) is 9.89. The summed E-state index contributed by atoms with van der Waals surface area (Å²) in [4.78, 5) is 26.3. The van der Waals surface area contributed by atoms with Crippen LogP contribution in [0.3, 0.4) is 0 Å². The van der Waals surface area contributed by atoms with Gasteiger partial charge in [-0.25, -0.2) is 4.98 Å². The second kappa shape index (κ2) is 5.67. The smallest absolute Gasteiger partial charge is 0.305 e. The largest absolute Gasteiger partial charge is 0.481 e. The van der Waals surface area contributed by atoms with Gasteiger partial charge in [-0.1, -0.05) is 29.8 Å². The maximum absolute atomic E-state index is 11.8. The number of amides is 1. The topological polar surface area (TPSA) is 79.3 Å². The van der Waals surface area contributed by atoms with E-state index in [1.807, 2.05) is 12.1 Å². The summed E-state index contributed by atoms with van der Waals surface area (Å²) < 4.78 is 0. The van der Waals surface area contributed by atoms with Crippen LogP contribution in [0.5, 0.6) is 0 Å². The monoisotopic (exact) mass is 278 g/mol. The second-order valence-corrected chi connectivity index (χ2v) is 4.31. The lowest BCUT2D eigenvalue weighted by Gasteiger charge is -2.05. The van der Waals surface area contributed by atoms with Crippen molar-refractivity contribution in [3.05, 3.63) is 41.0 Å². The highest BCUT2D eigenvalue weighted by Crippen LogP contribution is 2.22. The Kier molecular flexibility index (Phi) is 3.97. The van der Waals surface area contributed by atoms with Crippen LogP contribution in [0, 0.1) is 0 Å². The van der Waals surface area contributed by atoms with Gasteiger partial charge in [0.25, 0.3) is 5.91 Å². The van der Waals surface area contributed by atoms with Crippen molar-refractivity contribution < 1.29 is 14.7 Å². The zero-order valence-corrected chi connectivity index (χ0v) is 10.6. The summed E-state index contributed by atoms with van der Waals surface area (Å²) >= 11 is 6.08. The van der Waals surface area contributed by atoms with Crippen molar-refractivity contribution in [1.29, 1.82) is 0 Å². The van der Waals surface area contributed by atoms with Gasteiger partial charge in [0.2, 0.25) is 0 Å². The third-order valence-corrected chi connectivity index (χ3v) is 2.84. The van der Waals surface area contributed by atoms with E-state index in [4.69, 9.17) is 16.7 Å². The van der Waals surface area contributed by atoms with Gasteiger partial charge in [0.1, 0.15) is 5.69 Å². The number of pyridine rings is 1. The van der Waals surface area contributed by atoms with Crippen molar-refractivity contribution in [1.82, 2.24) is 10.3 Å². The van der Waals surface area contributed by atoms with Gasteiger partial charge in [-0.05, 0) is 12.1 Å². The van der Waals surface area contributed by atoms with Crippen molar-refractivity contribution >= 4 is 34.4 Å². The molecule has 1 aromatic heterocycles. The van der Waals surface area contributed by atoms with Gasteiger partial charge in [0.15, 0.2) is 0 Å². The lowest BCUT2D eigenvalue weighted by atomic mass is 10.2. The number of carbonyl (C=O) groups excluding carboxylic acids is 1. The van der Waals surface area contributed by atoms with Crippen LogP contribution in [0.1, 0.15) is 16.9 Å². The molecule has 0 aliphatic heterocycles. The van der Waals surface area contributed by atoms with Crippen molar-refractivity contribution in [2.45, 2.75) is 6.42 Å². The molecule has 0 atom stereocenters. The predicted molar refractivity (Wildman–Crippen MR) is 71.3 cm³/mol. The molecule has 0 radical (unpaired) electrons. The first-order valence-electron chi connectivity index (χ1n) is 5.63. The summed E-state index contributed by atoms with van der Waals surface area (Å²) in [6, 6.07) is 8.69. The maximum Gasteiger partial charge on any atom is 0.305 e. The number of carbonyl (C=O) groups is 2. The first-order valence-corrected chi connectivity index (χ1v) is 6.01. The molecule has 0 saturated heterocycles. The van der Waals surface area contributed by atoms with E-state index in [1.165, 1.54) is 6.07 Å². The molecule has 0 unspecified atom stereocenters. The first-order chi connectivity index (χ1) is 9.08. The number of aliphatic carboxylic acids is 1. The van der Waals surface area contributed by atoms with Crippen LogP contribution >= 0.6 is 11.6 Å². The number of benzene rings is 1. The minimum Gasteiger partial charge on any atom is -0.481 e. The number of nitrogens with one attached hydrogen (secondary N) is 1. The minimum atomic E-state index is -0.968. The number of hydrogen-bond acceptors (Lipinski definition) is 3. The van der Waals surface area contributed by atoms with Gasteiger partial charge in [0, 0.05) is 11.9 Å². The quantitative estimate of drug-likeness (QED) is 0.897. The molecule has 5 nitrogen and oxygen atoms in total.